The molecule has 0 saturated carbocycles. The Bertz CT molecular complexity index is 1510. The zero-order valence-corrected chi connectivity index (χ0v) is 22.9. The molecule has 208 valence electrons. The molecule has 0 spiro atoms. The fourth-order valence-corrected chi connectivity index (χ4v) is 4.88. The van der Waals surface area contributed by atoms with Crippen LogP contribution in [-0.2, 0) is 23.0 Å². The first-order valence-corrected chi connectivity index (χ1v) is 14.8. The molecule has 0 saturated heterocycles. The van der Waals surface area contributed by atoms with Gasteiger partial charge in [0, 0.05) is 24.7 Å². The maximum absolute atomic E-state index is 12.7. The molecule has 9 heteroatoms. The van der Waals surface area contributed by atoms with Crippen molar-refractivity contribution in [1.29, 1.82) is 0 Å². The minimum absolute atomic E-state index is 0.000940. The van der Waals surface area contributed by atoms with Crippen molar-refractivity contribution in [2.24, 2.45) is 0 Å². The van der Waals surface area contributed by atoms with Crippen molar-refractivity contribution >= 4 is 21.6 Å². The summed E-state index contributed by atoms with van der Waals surface area (Å²) >= 11 is 0. The number of anilines is 1. The number of carbonyl (C=O) groups is 1. The second kappa shape index (κ2) is 13.3. The predicted octanol–water partition coefficient (Wildman–Crippen LogP) is 4.30. The fourth-order valence-electron chi connectivity index (χ4n) is 4.32. The van der Waals surface area contributed by atoms with Crippen LogP contribution in [0.25, 0.3) is 0 Å². The number of nitrogens with one attached hydrogen (secondary N) is 3. The highest BCUT2D eigenvalue weighted by Gasteiger charge is 2.18. The van der Waals surface area contributed by atoms with E-state index in [1.165, 1.54) is 12.1 Å². The summed E-state index contributed by atoms with van der Waals surface area (Å²) in [5.41, 5.74) is 4.06. The van der Waals surface area contributed by atoms with Crippen LogP contribution in [0, 0.1) is 0 Å². The third-order valence-corrected chi connectivity index (χ3v) is 7.00. The van der Waals surface area contributed by atoms with E-state index in [2.05, 4.69) is 15.4 Å². The summed E-state index contributed by atoms with van der Waals surface area (Å²) in [7, 11) is -3.60. The van der Waals surface area contributed by atoms with Crippen molar-refractivity contribution in [1.82, 2.24) is 10.6 Å². The van der Waals surface area contributed by atoms with E-state index < -0.39 is 16.1 Å². The zero-order chi connectivity index (χ0) is 28.5. The van der Waals surface area contributed by atoms with Crippen molar-refractivity contribution < 1.29 is 23.4 Å². The van der Waals surface area contributed by atoms with E-state index in [-0.39, 0.29) is 29.9 Å². The van der Waals surface area contributed by atoms with Crippen LogP contribution in [0.3, 0.4) is 0 Å². The zero-order valence-electron chi connectivity index (χ0n) is 22.1. The molecule has 5 N–H and O–H groups in total. The van der Waals surface area contributed by atoms with E-state index in [1.807, 2.05) is 72.8 Å². The van der Waals surface area contributed by atoms with Crippen molar-refractivity contribution in [2.45, 2.75) is 25.1 Å². The van der Waals surface area contributed by atoms with Crippen molar-refractivity contribution in [2.75, 3.05) is 17.5 Å². The number of aromatic hydroxyl groups is 1. The molecule has 0 aliphatic rings. The molecule has 2 atom stereocenters. The van der Waals surface area contributed by atoms with Crippen molar-refractivity contribution in [3.05, 3.63) is 131 Å². The van der Waals surface area contributed by atoms with E-state index in [0.717, 1.165) is 22.9 Å². The molecule has 0 unspecified atom stereocenters. The predicted molar refractivity (Wildman–Crippen MR) is 156 cm³/mol. The first-order valence-electron chi connectivity index (χ1n) is 12.9. The number of phenols is 1. The van der Waals surface area contributed by atoms with Crippen LogP contribution in [0.4, 0.5) is 5.69 Å². The molecule has 0 aliphatic heterocycles. The number of benzene rings is 4. The topological polar surface area (TPSA) is 128 Å². The smallest absolute Gasteiger partial charge is 0.251 e. The molecular weight excluding hydrogens is 526 g/mol. The SMILES string of the molecule is CS(=O)(=O)Nc1cc([C@@H](O)CN[C@H](Cc2ccccc2)c2ccc(C(=O)NCc3ccccc3)cc2)ccc1O. The van der Waals surface area contributed by atoms with Gasteiger partial charge in [-0.05, 0) is 52.9 Å². The number of phenolic OH excluding ortho intramolecular Hbond substituents is 1. The number of rotatable bonds is 12. The summed E-state index contributed by atoms with van der Waals surface area (Å²) in [5, 5.41) is 27.2. The van der Waals surface area contributed by atoms with E-state index in [0.29, 0.717) is 24.1 Å². The van der Waals surface area contributed by atoms with E-state index in [9.17, 15) is 23.4 Å². The van der Waals surface area contributed by atoms with Gasteiger partial charge in [0.05, 0.1) is 18.0 Å². The molecule has 0 fully saturated rings. The highest BCUT2D eigenvalue weighted by molar-refractivity contribution is 7.92. The Morgan fingerprint density at radius 1 is 0.825 bits per heavy atom. The first kappa shape index (κ1) is 28.8. The number of sulfonamides is 1. The second-order valence-corrected chi connectivity index (χ2v) is 11.4. The summed E-state index contributed by atoms with van der Waals surface area (Å²) < 4.78 is 25.5. The summed E-state index contributed by atoms with van der Waals surface area (Å²) in [4.78, 5) is 12.7. The van der Waals surface area contributed by atoms with Crippen molar-refractivity contribution in [3.63, 3.8) is 0 Å². The number of hydrogen-bond acceptors (Lipinski definition) is 6. The van der Waals surface area contributed by atoms with Gasteiger partial charge in [-0.3, -0.25) is 9.52 Å². The molecule has 0 bridgehead atoms. The van der Waals surface area contributed by atoms with Crippen LogP contribution in [0.15, 0.2) is 103 Å². The maximum Gasteiger partial charge on any atom is 0.251 e. The van der Waals surface area contributed by atoms with Gasteiger partial charge in [-0.25, -0.2) is 8.42 Å². The molecule has 0 aliphatic carbocycles. The fraction of sp³-hybridized carbons (Fsp3) is 0.194. The number of hydrogen-bond donors (Lipinski definition) is 5. The van der Waals surface area contributed by atoms with Gasteiger partial charge >= 0.3 is 0 Å². The average Bonchev–Trinajstić information content (AvgIpc) is 2.95. The average molecular weight is 560 g/mol. The largest absolute Gasteiger partial charge is 0.506 e. The van der Waals surface area contributed by atoms with Gasteiger partial charge in [0.1, 0.15) is 5.75 Å². The van der Waals surface area contributed by atoms with Crippen LogP contribution >= 0.6 is 0 Å². The van der Waals surface area contributed by atoms with Crippen LogP contribution in [0.1, 0.15) is 44.8 Å². The monoisotopic (exact) mass is 559 g/mol. The Morgan fingerprint density at radius 3 is 2.05 bits per heavy atom. The third kappa shape index (κ3) is 8.41. The lowest BCUT2D eigenvalue weighted by molar-refractivity contribution is 0.0951. The highest BCUT2D eigenvalue weighted by Crippen LogP contribution is 2.28. The normalized spacial score (nSPS) is 12.8. The van der Waals surface area contributed by atoms with Gasteiger partial charge < -0.3 is 20.8 Å². The first-order chi connectivity index (χ1) is 19.2. The Hall–Kier alpha value is -4.18. The van der Waals surface area contributed by atoms with Gasteiger partial charge in [0.2, 0.25) is 10.0 Å². The number of aliphatic hydroxyl groups is 1. The number of amides is 1. The van der Waals surface area contributed by atoms with Gasteiger partial charge in [-0.15, -0.1) is 0 Å². The van der Waals surface area contributed by atoms with Crippen LogP contribution in [0.5, 0.6) is 5.75 Å². The molecule has 1 amide bonds. The Kier molecular flexibility index (Phi) is 9.55. The van der Waals surface area contributed by atoms with Crippen molar-refractivity contribution in [3.8, 4) is 5.75 Å². The standard InChI is InChI=1S/C31H33N3O5S/c1-40(38,39)34-28-19-26(16-17-29(28)35)30(36)21-32-27(18-22-8-4-2-5-9-22)24-12-14-25(15-13-24)31(37)33-20-23-10-6-3-7-11-23/h2-17,19,27,30,32,34-36H,18,20-21H2,1H3,(H,33,37)/t27-,30+/m1/s1. The van der Waals surface area contributed by atoms with Crippen LogP contribution in [-0.4, -0.2) is 37.3 Å². The van der Waals surface area contributed by atoms with Crippen LogP contribution < -0.4 is 15.4 Å². The van der Waals surface area contributed by atoms with Gasteiger partial charge in [-0.2, -0.15) is 0 Å². The minimum atomic E-state index is -3.60. The Labute approximate surface area is 234 Å². The molecule has 4 aromatic carbocycles. The number of carbonyl (C=O) groups excluding carboxylic acids is 1. The minimum Gasteiger partial charge on any atom is -0.506 e. The third-order valence-electron chi connectivity index (χ3n) is 6.41. The van der Waals surface area contributed by atoms with Gasteiger partial charge in [-0.1, -0.05) is 78.9 Å². The molecule has 8 nitrogen and oxygen atoms in total. The number of aliphatic hydroxyl groups excluding tert-OH is 1. The van der Waals surface area contributed by atoms with Gasteiger partial charge in [0.25, 0.3) is 5.91 Å². The maximum atomic E-state index is 12.7. The summed E-state index contributed by atoms with van der Waals surface area (Å²) in [5.74, 6) is -0.395. The van der Waals surface area contributed by atoms with Gasteiger partial charge in [0.15, 0.2) is 0 Å². The summed E-state index contributed by atoms with van der Waals surface area (Å²) in [6.45, 7) is 0.607. The molecule has 0 aromatic heterocycles. The van der Waals surface area contributed by atoms with E-state index >= 15 is 0 Å². The highest BCUT2D eigenvalue weighted by atomic mass is 32.2. The van der Waals surface area contributed by atoms with Crippen LogP contribution in [0.2, 0.25) is 0 Å². The molecule has 40 heavy (non-hydrogen) atoms. The molecule has 0 heterocycles. The Morgan fingerprint density at radius 2 is 1.43 bits per heavy atom. The van der Waals surface area contributed by atoms with E-state index in [4.69, 9.17) is 0 Å². The lowest BCUT2D eigenvalue weighted by atomic mass is 9.97. The molecule has 4 rings (SSSR count). The lowest BCUT2D eigenvalue weighted by Crippen LogP contribution is -2.28. The quantitative estimate of drug-likeness (QED) is 0.165. The molecular formula is C31H33N3O5S. The Balaban J connectivity index is 1.46. The lowest BCUT2D eigenvalue weighted by Gasteiger charge is -2.22. The summed E-state index contributed by atoms with van der Waals surface area (Å²) in [6.07, 6.45) is 0.662. The molecule has 4 aromatic rings. The molecule has 0 radical (unpaired) electrons. The second-order valence-electron chi connectivity index (χ2n) is 9.61. The summed E-state index contributed by atoms with van der Waals surface area (Å²) in [6, 6.07) is 31.1. The van der Waals surface area contributed by atoms with E-state index in [1.54, 1.807) is 18.2 Å².